The van der Waals surface area contributed by atoms with Crippen molar-refractivity contribution in [3.8, 4) is 0 Å². The summed E-state index contributed by atoms with van der Waals surface area (Å²) < 4.78 is 27.2. The monoisotopic (exact) mass is 458 g/mol. The maximum absolute atomic E-state index is 13.6. The van der Waals surface area contributed by atoms with Crippen LogP contribution in [0.5, 0.6) is 0 Å². The van der Waals surface area contributed by atoms with Crippen molar-refractivity contribution in [3.63, 3.8) is 0 Å². The highest BCUT2D eigenvalue weighted by atomic mass is 19.1. The number of aryl methyl sites for hydroxylation is 1. The van der Waals surface area contributed by atoms with E-state index in [0.29, 0.717) is 5.92 Å². The zero-order chi connectivity index (χ0) is 23.5. The second-order valence-corrected chi connectivity index (χ2v) is 9.60. The normalized spacial score (nSPS) is 20.6. The van der Waals surface area contributed by atoms with E-state index in [4.69, 9.17) is 0 Å². The lowest BCUT2D eigenvalue weighted by atomic mass is 9.80. The van der Waals surface area contributed by atoms with Crippen molar-refractivity contribution < 1.29 is 8.78 Å². The Balaban J connectivity index is 1.30. The van der Waals surface area contributed by atoms with Crippen molar-refractivity contribution in [2.75, 3.05) is 32.7 Å². The Morgan fingerprint density at radius 1 is 0.824 bits per heavy atom. The summed E-state index contributed by atoms with van der Waals surface area (Å²) >= 11 is 0. The van der Waals surface area contributed by atoms with Crippen LogP contribution >= 0.6 is 0 Å². The molecular formula is C30H32F2N2. The molecule has 3 aromatic carbocycles. The van der Waals surface area contributed by atoms with Gasteiger partial charge in [-0.2, -0.15) is 0 Å². The van der Waals surface area contributed by atoms with Crippen molar-refractivity contribution in [2.45, 2.75) is 25.8 Å². The first-order chi connectivity index (χ1) is 16.6. The molecule has 5 rings (SSSR count). The van der Waals surface area contributed by atoms with Crippen LogP contribution in [0.15, 0.2) is 78.9 Å². The van der Waals surface area contributed by atoms with E-state index < -0.39 is 0 Å². The zero-order valence-corrected chi connectivity index (χ0v) is 19.8. The molecule has 0 aromatic heterocycles. The highest BCUT2D eigenvalue weighted by molar-refractivity contribution is 5.71. The summed E-state index contributed by atoms with van der Waals surface area (Å²) in [6, 6.07) is 22.3. The smallest absolute Gasteiger partial charge is 0.123 e. The van der Waals surface area contributed by atoms with Crippen LogP contribution in [0.2, 0.25) is 0 Å². The molecule has 0 bridgehead atoms. The van der Waals surface area contributed by atoms with Gasteiger partial charge in [0.2, 0.25) is 0 Å². The lowest BCUT2D eigenvalue weighted by molar-refractivity contribution is 0.117. The summed E-state index contributed by atoms with van der Waals surface area (Å²) in [6.45, 7) is 7.07. The Labute approximate surface area is 201 Å². The summed E-state index contributed by atoms with van der Waals surface area (Å²) in [5.41, 5.74) is 6.46. The minimum Gasteiger partial charge on any atom is -0.297 e. The number of hydrogen-bond donors (Lipinski definition) is 0. The number of allylic oxidation sites excluding steroid dienone is 1. The topological polar surface area (TPSA) is 6.48 Å². The molecule has 2 nitrogen and oxygen atoms in total. The van der Waals surface area contributed by atoms with E-state index in [1.807, 2.05) is 24.3 Å². The Hall–Kier alpha value is -2.82. The number of hydrogen-bond acceptors (Lipinski definition) is 2. The van der Waals surface area contributed by atoms with Crippen LogP contribution in [-0.4, -0.2) is 42.5 Å². The largest absolute Gasteiger partial charge is 0.297 e. The standard InChI is InChI=1S/C30H32F2N2/c1-22-6-7-23-4-2-3-5-29(23)28(22)16-17-33-18-20-34(21-19-33)30(24-8-12-26(31)13-9-24)25-10-14-27(32)15-11-25/h2-5,8-16,22,30H,6-7,17-21H2,1H3/b28-16-. The van der Waals surface area contributed by atoms with Gasteiger partial charge in [0.05, 0.1) is 6.04 Å². The zero-order valence-electron chi connectivity index (χ0n) is 19.8. The van der Waals surface area contributed by atoms with E-state index in [1.165, 1.54) is 53.8 Å². The van der Waals surface area contributed by atoms with E-state index >= 15 is 0 Å². The maximum Gasteiger partial charge on any atom is 0.123 e. The van der Waals surface area contributed by atoms with Gasteiger partial charge in [-0.25, -0.2) is 8.78 Å². The highest BCUT2D eigenvalue weighted by Crippen LogP contribution is 2.35. The summed E-state index contributed by atoms with van der Waals surface area (Å²) in [6.07, 6.45) is 4.82. The van der Waals surface area contributed by atoms with Crippen molar-refractivity contribution in [1.29, 1.82) is 0 Å². The third kappa shape index (κ3) is 4.98. The molecule has 0 radical (unpaired) electrons. The van der Waals surface area contributed by atoms with E-state index in [0.717, 1.165) is 43.9 Å². The molecule has 0 N–H and O–H groups in total. The summed E-state index contributed by atoms with van der Waals surface area (Å²) in [5, 5.41) is 0. The Bertz CT molecular complexity index is 1080. The van der Waals surface area contributed by atoms with Crippen LogP contribution in [0, 0.1) is 17.6 Å². The van der Waals surface area contributed by atoms with E-state index in [1.54, 1.807) is 0 Å². The van der Waals surface area contributed by atoms with Gasteiger partial charge in [0.1, 0.15) is 11.6 Å². The van der Waals surface area contributed by atoms with Crippen LogP contribution in [0.1, 0.15) is 41.6 Å². The quantitative estimate of drug-likeness (QED) is 0.440. The highest BCUT2D eigenvalue weighted by Gasteiger charge is 2.27. The number of piperazine rings is 1. The number of fused-ring (bicyclic) bond motifs is 1. The third-order valence-corrected chi connectivity index (χ3v) is 7.42. The summed E-state index contributed by atoms with van der Waals surface area (Å²) in [7, 11) is 0. The van der Waals surface area contributed by atoms with Crippen LogP contribution in [0.3, 0.4) is 0 Å². The van der Waals surface area contributed by atoms with Gasteiger partial charge in [-0.05, 0) is 70.9 Å². The third-order valence-electron chi connectivity index (χ3n) is 7.42. The van der Waals surface area contributed by atoms with Crippen LogP contribution < -0.4 is 0 Å². The van der Waals surface area contributed by atoms with Crippen LogP contribution in [0.25, 0.3) is 5.57 Å². The lowest BCUT2D eigenvalue weighted by Crippen LogP contribution is -2.47. The van der Waals surface area contributed by atoms with Gasteiger partial charge >= 0.3 is 0 Å². The molecule has 0 amide bonds. The average molecular weight is 459 g/mol. The first kappa shape index (κ1) is 22.9. The molecule has 3 aromatic rings. The fraction of sp³-hybridized carbons (Fsp3) is 0.333. The van der Waals surface area contributed by atoms with Gasteiger partial charge in [-0.1, -0.05) is 61.5 Å². The predicted octanol–water partition coefficient (Wildman–Crippen LogP) is 6.34. The van der Waals surface area contributed by atoms with E-state index in [-0.39, 0.29) is 17.7 Å². The van der Waals surface area contributed by atoms with Crippen molar-refractivity contribution in [3.05, 3.63) is 113 Å². The van der Waals surface area contributed by atoms with Crippen LogP contribution in [-0.2, 0) is 6.42 Å². The van der Waals surface area contributed by atoms with Crippen molar-refractivity contribution in [2.24, 2.45) is 5.92 Å². The molecule has 1 fully saturated rings. The Morgan fingerprint density at radius 2 is 1.41 bits per heavy atom. The predicted molar refractivity (Wildman–Crippen MR) is 135 cm³/mol. The molecule has 1 saturated heterocycles. The van der Waals surface area contributed by atoms with Crippen LogP contribution in [0.4, 0.5) is 8.78 Å². The Morgan fingerprint density at radius 3 is 2.03 bits per heavy atom. The fourth-order valence-electron chi connectivity index (χ4n) is 5.46. The second-order valence-electron chi connectivity index (χ2n) is 9.60. The minimum absolute atomic E-state index is 0.00746. The molecule has 0 spiro atoms. The molecule has 1 heterocycles. The molecule has 1 aliphatic heterocycles. The first-order valence-electron chi connectivity index (χ1n) is 12.3. The summed E-state index contributed by atoms with van der Waals surface area (Å²) in [4.78, 5) is 4.95. The first-order valence-corrected chi connectivity index (χ1v) is 12.3. The van der Waals surface area contributed by atoms with Gasteiger partial charge < -0.3 is 0 Å². The van der Waals surface area contributed by atoms with Crippen molar-refractivity contribution >= 4 is 5.57 Å². The van der Waals surface area contributed by atoms with Gasteiger partial charge in [0, 0.05) is 32.7 Å². The molecular weight excluding hydrogens is 426 g/mol. The Kier molecular flexibility index (Phi) is 6.89. The fourth-order valence-corrected chi connectivity index (χ4v) is 5.46. The minimum atomic E-state index is -0.238. The molecule has 4 heteroatoms. The van der Waals surface area contributed by atoms with Gasteiger partial charge in [-0.15, -0.1) is 0 Å². The van der Waals surface area contributed by atoms with Crippen molar-refractivity contribution in [1.82, 2.24) is 9.80 Å². The maximum atomic E-state index is 13.6. The number of halogens is 2. The molecule has 2 aliphatic rings. The molecule has 0 saturated carbocycles. The summed E-state index contributed by atoms with van der Waals surface area (Å²) in [5.74, 6) is 0.119. The van der Waals surface area contributed by atoms with Gasteiger partial charge in [0.15, 0.2) is 0 Å². The number of rotatable bonds is 5. The SMILES string of the molecule is CC1CCc2ccccc2/C1=C\CN1CCN(C(c2ccc(F)cc2)c2ccc(F)cc2)CC1. The van der Waals surface area contributed by atoms with E-state index in [2.05, 4.69) is 47.1 Å². The molecule has 1 unspecified atom stereocenters. The second kappa shape index (κ2) is 10.2. The van der Waals surface area contributed by atoms with Gasteiger partial charge in [-0.3, -0.25) is 9.80 Å². The van der Waals surface area contributed by atoms with E-state index in [9.17, 15) is 8.78 Å². The lowest BCUT2D eigenvalue weighted by Gasteiger charge is -2.39. The van der Waals surface area contributed by atoms with Gasteiger partial charge in [0.25, 0.3) is 0 Å². The molecule has 176 valence electrons. The number of nitrogens with zero attached hydrogens (tertiary/aromatic N) is 2. The average Bonchev–Trinajstić information content (AvgIpc) is 2.87. The molecule has 1 atom stereocenters. The molecule has 1 aliphatic carbocycles. The molecule has 34 heavy (non-hydrogen) atoms. The number of benzene rings is 3.